The normalized spacial score (nSPS) is 19.4. The van der Waals surface area contributed by atoms with Crippen LogP contribution in [0.15, 0.2) is 83.9 Å². The smallest absolute Gasteiger partial charge is 0.268 e. The number of hydrogen-bond acceptors (Lipinski definition) is 12. The van der Waals surface area contributed by atoms with Crippen LogP contribution in [0.5, 0.6) is 5.75 Å². The van der Waals surface area contributed by atoms with E-state index >= 15 is 0 Å². The number of piperidine rings is 1. The predicted molar refractivity (Wildman–Crippen MR) is 205 cm³/mol. The van der Waals surface area contributed by atoms with Crippen LogP contribution in [-0.4, -0.2) is 89.3 Å². The molecule has 3 aromatic carbocycles. The molecule has 0 spiro atoms. The van der Waals surface area contributed by atoms with E-state index in [2.05, 4.69) is 37.5 Å². The van der Waals surface area contributed by atoms with E-state index in [1.807, 2.05) is 26.8 Å². The summed E-state index contributed by atoms with van der Waals surface area (Å²) in [5.74, 6) is 0.739. The van der Waals surface area contributed by atoms with Gasteiger partial charge in [-0.15, -0.1) is 0 Å². The van der Waals surface area contributed by atoms with Crippen LogP contribution in [0, 0.1) is 5.82 Å². The number of benzene rings is 3. The molecule has 1 saturated heterocycles. The Morgan fingerprint density at radius 2 is 1.67 bits per heavy atom. The molecular weight excluding hydrogens is 752 g/mol. The zero-order valence-electron chi connectivity index (χ0n) is 31.5. The molecule has 4 aromatic rings. The minimum atomic E-state index is -5.02. The molecule has 5 N–H and O–H groups in total. The first kappa shape index (κ1) is 42.1. The predicted octanol–water partition coefficient (Wildman–Crippen LogP) is 4.77. The summed E-state index contributed by atoms with van der Waals surface area (Å²) in [6, 6.07) is 18.9. The van der Waals surface area contributed by atoms with Gasteiger partial charge in [0.15, 0.2) is 6.79 Å². The fourth-order valence-electron chi connectivity index (χ4n) is 6.20. The number of halogens is 1. The van der Waals surface area contributed by atoms with Gasteiger partial charge in [0.2, 0.25) is 16.0 Å². The van der Waals surface area contributed by atoms with Crippen molar-refractivity contribution in [1.29, 1.82) is 0 Å². The van der Waals surface area contributed by atoms with Crippen LogP contribution in [0.4, 0.5) is 27.5 Å². The summed E-state index contributed by atoms with van der Waals surface area (Å²) in [5, 5.41) is 20.2. The second kappa shape index (κ2) is 17.4. The number of phosphoric acid groups is 1. The highest BCUT2D eigenvalue weighted by Gasteiger charge is 2.37. The minimum absolute atomic E-state index is 0.144. The van der Waals surface area contributed by atoms with Crippen LogP contribution >= 0.6 is 7.82 Å². The lowest BCUT2D eigenvalue weighted by atomic mass is 10.00. The largest absolute Gasteiger partial charge is 0.756 e. The molecule has 2 unspecified atom stereocenters. The number of β-amino-alcohol motifs (C(OH)–C–C–N with tert-alkyl or cyclic N) is 1. The van der Waals surface area contributed by atoms with Crippen LogP contribution in [0.25, 0.3) is 0 Å². The summed E-state index contributed by atoms with van der Waals surface area (Å²) in [7, 11) is -5.19. The Morgan fingerprint density at radius 1 is 1.04 bits per heavy atom. The maximum absolute atomic E-state index is 13.7. The number of ether oxygens (including phenoxy) is 1. The molecule has 0 radical (unpaired) electrons. The van der Waals surface area contributed by atoms with Gasteiger partial charge in [-0.3, -0.25) is 9.09 Å². The molecule has 5 rings (SSSR count). The molecule has 1 aliphatic rings. The molecule has 0 bridgehead atoms. The Kier molecular flexibility index (Phi) is 13.3. The van der Waals surface area contributed by atoms with Crippen LogP contribution in [-0.2, 0) is 25.7 Å². The average molecular weight is 802 g/mol. The number of hydrogen-bond donors (Lipinski definition) is 5. The number of nitrogens with one attached hydrogen (secondary N) is 3. The van der Waals surface area contributed by atoms with E-state index in [0.29, 0.717) is 65.5 Å². The fraction of sp³-hybridized carbons (Fsp3) is 0.405. The number of anilines is 4. The van der Waals surface area contributed by atoms with E-state index in [4.69, 9.17) is 9.63 Å². The van der Waals surface area contributed by atoms with Crippen molar-refractivity contribution >= 4 is 41.0 Å². The first-order chi connectivity index (χ1) is 25.8. The number of nitrogens with zero attached hydrogens (tertiary/aromatic N) is 4. The first-order valence-corrected chi connectivity index (χ1v) is 20.6. The van der Waals surface area contributed by atoms with E-state index in [1.54, 1.807) is 55.7 Å². The Morgan fingerprint density at radius 3 is 2.31 bits per heavy atom. The summed E-state index contributed by atoms with van der Waals surface area (Å²) in [6.07, 6.45) is 1.87. The maximum Gasteiger partial charge on any atom is 0.268 e. The molecule has 55 heavy (non-hydrogen) atoms. The molecule has 2 heterocycles. The highest BCUT2D eigenvalue weighted by Crippen LogP contribution is 2.34. The number of aliphatic hydroxyl groups is 1. The van der Waals surface area contributed by atoms with Gasteiger partial charge in [0.25, 0.3) is 7.82 Å². The van der Waals surface area contributed by atoms with Gasteiger partial charge in [0, 0.05) is 61.1 Å². The van der Waals surface area contributed by atoms with E-state index < -0.39 is 30.7 Å². The molecule has 1 aliphatic heterocycles. The van der Waals surface area contributed by atoms with Crippen LogP contribution in [0.1, 0.15) is 50.8 Å². The van der Waals surface area contributed by atoms with Gasteiger partial charge < -0.3 is 40.1 Å². The van der Waals surface area contributed by atoms with Crippen LogP contribution < -0.4 is 25.6 Å². The summed E-state index contributed by atoms with van der Waals surface area (Å²) in [6.45, 7) is 7.25. The number of phosphoric ester groups is 1. The second-order valence-corrected chi connectivity index (χ2v) is 18.1. The number of likely N-dealkylation sites (tertiary alicyclic amines) is 1. The lowest BCUT2D eigenvalue weighted by molar-refractivity contribution is -0.927. The highest BCUT2D eigenvalue weighted by molar-refractivity contribution is 7.89. The Balaban J connectivity index is 1.20. The minimum Gasteiger partial charge on any atom is -0.756 e. The third-order valence-corrected chi connectivity index (χ3v) is 11.7. The summed E-state index contributed by atoms with van der Waals surface area (Å²) >= 11 is 0. The SMILES string of the molecule is CN(C1CC[N+](C)(Cc2ccc(C(O)CNC(C)(C)C)cc2OCOP(=O)([O-])O)CC1)S(=O)(=O)c1ccc(Nc2nccc(Nc3ccc(F)cc3)n2)cc1. The number of aliphatic hydroxyl groups excluding tert-OH is 1. The van der Waals surface area contributed by atoms with E-state index in [-0.39, 0.29) is 34.8 Å². The number of rotatable bonds is 16. The first-order valence-electron chi connectivity index (χ1n) is 17.7. The van der Waals surface area contributed by atoms with Crippen molar-refractivity contribution in [3.05, 3.63) is 95.9 Å². The summed E-state index contributed by atoms with van der Waals surface area (Å²) in [4.78, 5) is 29.0. The van der Waals surface area contributed by atoms with Crippen molar-refractivity contribution < 1.29 is 46.0 Å². The Hall–Kier alpha value is -4.03. The summed E-state index contributed by atoms with van der Waals surface area (Å²) in [5.41, 5.74) is 2.31. The van der Waals surface area contributed by atoms with Crippen molar-refractivity contribution in [3.8, 4) is 5.75 Å². The van der Waals surface area contributed by atoms with Crippen molar-refractivity contribution in [2.75, 3.05) is 51.2 Å². The summed E-state index contributed by atoms with van der Waals surface area (Å²) < 4.78 is 64.0. The number of quaternary nitrogens is 1. The standard InChI is InChI=1S/C37H49FN7O8PS/c1-37(2,3)40-23-33(46)26-6-7-27(34(22-26)52-25-53-54(47,48)49)24-45(5)20-17-31(18-21-45)44(4)55(50,51)32-14-12-30(13-15-32)42-36-39-19-16-35(43-36)41-29-10-8-28(38)9-11-29/h6-16,19,22,31,33,40,46H,17-18,20-21,23-25H2,1-5H3,(H3-,39,41,42,43,47,48,49). The lowest BCUT2D eigenvalue weighted by Crippen LogP contribution is -2.53. The van der Waals surface area contributed by atoms with Gasteiger partial charge in [-0.2, -0.15) is 9.29 Å². The Labute approximate surface area is 321 Å². The molecule has 15 nitrogen and oxygen atoms in total. The molecular formula is C37H49FN7O8PS. The lowest BCUT2D eigenvalue weighted by Gasteiger charge is -2.42. The van der Waals surface area contributed by atoms with E-state index in [9.17, 15) is 27.4 Å². The highest BCUT2D eigenvalue weighted by atomic mass is 32.2. The van der Waals surface area contributed by atoms with Crippen LogP contribution in [0.2, 0.25) is 0 Å². The van der Waals surface area contributed by atoms with Crippen molar-refractivity contribution in [1.82, 2.24) is 19.6 Å². The third kappa shape index (κ3) is 12.2. The molecule has 0 amide bonds. The molecule has 298 valence electrons. The van der Waals surface area contributed by atoms with Gasteiger partial charge in [-0.05, 0) is 93.1 Å². The molecule has 18 heteroatoms. The fourth-order valence-corrected chi connectivity index (χ4v) is 7.80. The van der Waals surface area contributed by atoms with Crippen molar-refractivity contribution in [2.45, 2.75) is 62.7 Å². The van der Waals surface area contributed by atoms with Crippen LogP contribution in [0.3, 0.4) is 0 Å². The molecule has 2 atom stereocenters. The Bertz CT molecular complexity index is 2060. The third-order valence-electron chi connectivity index (χ3n) is 9.36. The monoisotopic (exact) mass is 801 g/mol. The van der Waals surface area contributed by atoms with Gasteiger partial charge in [0.1, 0.15) is 23.9 Å². The molecule has 0 saturated carbocycles. The zero-order valence-corrected chi connectivity index (χ0v) is 33.2. The topological polar surface area (TPSA) is 198 Å². The van der Waals surface area contributed by atoms with Crippen molar-refractivity contribution in [3.63, 3.8) is 0 Å². The van der Waals surface area contributed by atoms with E-state index in [1.165, 1.54) is 28.6 Å². The molecule has 1 aromatic heterocycles. The van der Waals surface area contributed by atoms with E-state index in [0.717, 1.165) is 5.56 Å². The zero-order chi connectivity index (χ0) is 40.0. The average Bonchev–Trinajstić information content (AvgIpc) is 3.12. The molecule has 1 fully saturated rings. The van der Waals surface area contributed by atoms with Crippen molar-refractivity contribution in [2.24, 2.45) is 0 Å². The van der Waals surface area contributed by atoms with Gasteiger partial charge in [-0.1, -0.05) is 6.07 Å². The second-order valence-electron chi connectivity index (χ2n) is 14.9. The van der Waals surface area contributed by atoms with Gasteiger partial charge >= 0.3 is 0 Å². The molecule has 0 aliphatic carbocycles. The maximum atomic E-state index is 13.7. The quantitative estimate of drug-likeness (QED) is 0.0591. The number of aromatic nitrogens is 2. The number of sulfonamides is 1. The van der Waals surface area contributed by atoms with Gasteiger partial charge in [-0.25, -0.2) is 17.8 Å². The van der Waals surface area contributed by atoms with Gasteiger partial charge in [0.05, 0.1) is 31.1 Å².